The summed E-state index contributed by atoms with van der Waals surface area (Å²) in [7, 11) is 1.56. The van der Waals surface area contributed by atoms with Gasteiger partial charge in [0, 0.05) is 0 Å². The van der Waals surface area contributed by atoms with Crippen molar-refractivity contribution in [1.29, 1.82) is 0 Å². The van der Waals surface area contributed by atoms with E-state index in [0.717, 1.165) is 23.9 Å². The van der Waals surface area contributed by atoms with Gasteiger partial charge in [0.25, 0.3) is 5.69 Å². The number of nitro groups is 1. The van der Waals surface area contributed by atoms with Crippen molar-refractivity contribution in [1.82, 2.24) is 20.2 Å². The molecule has 0 aliphatic heterocycles. The molecule has 0 atom stereocenters. The number of hydrogen-bond donors (Lipinski definition) is 0. The fraction of sp³-hybridized carbons (Fsp3) is 0.0714. The fourth-order valence-electron chi connectivity index (χ4n) is 1.95. The van der Waals surface area contributed by atoms with Crippen LogP contribution in [-0.4, -0.2) is 32.2 Å². The third kappa shape index (κ3) is 3.18. The van der Waals surface area contributed by atoms with E-state index in [-0.39, 0.29) is 10.6 Å². The molecule has 0 aliphatic carbocycles. The lowest BCUT2D eigenvalue weighted by Gasteiger charge is -2.06. The van der Waals surface area contributed by atoms with Gasteiger partial charge in [-0.1, -0.05) is 0 Å². The van der Waals surface area contributed by atoms with Gasteiger partial charge in [-0.2, -0.15) is 4.68 Å². The van der Waals surface area contributed by atoms with Crippen molar-refractivity contribution in [3.8, 4) is 11.4 Å². The van der Waals surface area contributed by atoms with Gasteiger partial charge in [0.2, 0.25) is 5.16 Å². The van der Waals surface area contributed by atoms with E-state index in [1.165, 1.54) is 10.7 Å². The van der Waals surface area contributed by atoms with Crippen LogP contribution in [0.25, 0.3) is 5.69 Å². The molecule has 24 heavy (non-hydrogen) atoms. The second-order valence-corrected chi connectivity index (χ2v) is 5.55. The van der Waals surface area contributed by atoms with Crippen molar-refractivity contribution in [2.24, 2.45) is 0 Å². The summed E-state index contributed by atoms with van der Waals surface area (Å²) in [4.78, 5) is 10.7. The number of halogens is 1. The number of nitro benzene ring substituents is 1. The highest BCUT2D eigenvalue weighted by Gasteiger charge is 2.19. The smallest absolute Gasteiger partial charge is 0.286 e. The minimum Gasteiger partial charge on any atom is -0.497 e. The third-order valence-electron chi connectivity index (χ3n) is 3.08. The van der Waals surface area contributed by atoms with Crippen LogP contribution in [0.1, 0.15) is 0 Å². The summed E-state index contributed by atoms with van der Waals surface area (Å²) in [6.45, 7) is 0. The van der Waals surface area contributed by atoms with Crippen molar-refractivity contribution in [3.05, 3.63) is 58.4 Å². The molecule has 0 amide bonds. The number of methoxy groups -OCH3 is 1. The monoisotopic (exact) mass is 347 g/mol. The Hall–Kier alpha value is -3.01. The molecular formula is C14H10FN5O3S. The van der Waals surface area contributed by atoms with Gasteiger partial charge < -0.3 is 4.74 Å². The molecule has 3 rings (SSSR count). The Balaban J connectivity index is 1.95. The first-order chi connectivity index (χ1) is 11.6. The molecule has 0 saturated heterocycles. The van der Waals surface area contributed by atoms with Gasteiger partial charge in [-0.15, -0.1) is 5.10 Å². The Kier molecular flexibility index (Phi) is 4.38. The highest BCUT2D eigenvalue weighted by atomic mass is 32.2. The second kappa shape index (κ2) is 6.62. The Labute approximate surface area is 139 Å². The SMILES string of the molecule is COc1ccc(-n2nnnc2Sc2ccc(F)cc2[N+](=O)[O-])cc1. The van der Waals surface area contributed by atoms with Crippen LogP contribution in [0.2, 0.25) is 0 Å². The van der Waals surface area contributed by atoms with Gasteiger partial charge in [-0.25, -0.2) is 4.39 Å². The minimum atomic E-state index is -0.680. The zero-order valence-corrected chi connectivity index (χ0v) is 13.1. The summed E-state index contributed by atoms with van der Waals surface area (Å²) in [5.74, 6) is -0.00371. The predicted molar refractivity (Wildman–Crippen MR) is 82.9 cm³/mol. The number of tetrazole rings is 1. The molecule has 3 aromatic rings. The first-order valence-electron chi connectivity index (χ1n) is 6.63. The molecule has 0 saturated carbocycles. The number of ether oxygens (including phenoxy) is 1. The van der Waals surface area contributed by atoms with Crippen LogP contribution in [0.5, 0.6) is 5.75 Å². The van der Waals surface area contributed by atoms with Crippen molar-refractivity contribution in [2.45, 2.75) is 10.1 Å². The molecule has 0 radical (unpaired) electrons. The lowest BCUT2D eigenvalue weighted by Crippen LogP contribution is -1.99. The average Bonchev–Trinajstić information content (AvgIpc) is 3.04. The topological polar surface area (TPSA) is 96.0 Å². The molecule has 8 nitrogen and oxygen atoms in total. The molecule has 122 valence electrons. The summed E-state index contributed by atoms with van der Waals surface area (Å²) in [6, 6.07) is 10.3. The van der Waals surface area contributed by atoms with Gasteiger partial charge in [0.1, 0.15) is 11.6 Å². The molecule has 10 heteroatoms. The molecule has 0 N–H and O–H groups in total. The van der Waals surface area contributed by atoms with E-state index >= 15 is 0 Å². The van der Waals surface area contributed by atoms with Crippen LogP contribution in [-0.2, 0) is 0 Å². The molecule has 1 aromatic heterocycles. The molecule has 0 aliphatic rings. The van der Waals surface area contributed by atoms with E-state index in [1.54, 1.807) is 31.4 Å². The van der Waals surface area contributed by atoms with Crippen LogP contribution in [0, 0.1) is 15.9 Å². The minimum absolute atomic E-state index is 0.242. The summed E-state index contributed by atoms with van der Waals surface area (Å²) >= 11 is 0.977. The molecule has 2 aromatic carbocycles. The lowest BCUT2D eigenvalue weighted by molar-refractivity contribution is -0.387. The van der Waals surface area contributed by atoms with Gasteiger partial charge in [0.15, 0.2) is 0 Å². The first-order valence-corrected chi connectivity index (χ1v) is 7.45. The highest BCUT2D eigenvalue weighted by molar-refractivity contribution is 7.99. The normalized spacial score (nSPS) is 10.6. The standard InChI is InChI=1S/C14H10FN5O3S/c1-23-11-5-3-10(4-6-11)19-14(16-17-18-19)24-13-7-2-9(15)8-12(13)20(21)22/h2-8H,1H3. The van der Waals surface area contributed by atoms with Crippen LogP contribution < -0.4 is 4.74 Å². The fourth-order valence-corrected chi connectivity index (χ4v) is 2.82. The summed E-state index contributed by atoms with van der Waals surface area (Å²) in [6.07, 6.45) is 0. The van der Waals surface area contributed by atoms with Crippen molar-refractivity contribution < 1.29 is 14.1 Å². The zero-order valence-electron chi connectivity index (χ0n) is 12.3. The molecule has 1 heterocycles. The Morgan fingerprint density at radius 1 is 1.25 bits per heavy atom. The summed E-state index contributed by atoms with van der Waals surface area (Å²) in [5.41, 5.74) is 0.317. The summed E-state index contributed by atoms with van der Waals surface area (Å²) in [5, 5.41) is 22.7. The largest absolute Gasteiger partial charge is 0.497 e. The predicted octanol–water partition coefficient (Wildman–Crippen LogP) is 2.87. The molecule has 0 fully saturated rings. The first kappa shape index (κ1) is 15.9. The maximum Gasteiger partial charge on any atom is 0.286 e. The van der Waals surface area contributed by atoms with E-state index in [4.69, 9.17) is 4.74 Å². The van der Waals surface area contributed by atoms with Crippen molar-refractivity contribution in [2.75, 3.05) is 7.11 Å². The van der Waals surface area contributed by atoms with Crippen LogP contribution in [0.15, 0.2) is 52.5 Å². The van der Waals surface area contributed by atoms with Gasteiger partial charge in [0.05, 0.1) is 28.7 Å². The van der Waals surface area contributed by atoms with E-state index in [1.807, 2.05) is 0 Å². The van der Waals surface area contributed by atoms with Gasteiger partial charge in [-0.3, -0.25) is 10.1 Å². The summed E-state index contributed by atoms with van der Waals surface area (Å²) < 4.78 is 19.7. The second-order valence-electron chi connectivity index (χ2n) is 4.54. The van der Waals surface area contributed by atoms with Gasteiger partial charge in [-0.05, 0) is 58.6 Å². The quantitative estimate of drug-likeness (QED) is 0.517. The third-order valence-corrected chi connectivity index (χ3v) is 4.08. The van der Waals surface area contributed by atoms with Crippen LogP contribution in [0.3, 0.4) is 0 Å². The maximum absolute atomic E-state index is 13.2. The van der Waals surface area contributed by atoms with Crippen molar-refractivity contribution >= 4 is 17.4 Å². The van der Waals surface area contributed by atoms with E-state index < -0.39 is 10.7 Å². The number of benzene rings is 2. The van der Waals surface area contributed by atoms with E-state index in [9.17, 15) is 14.5 Å². The Bertz CT molecular complexity index is 884. The van der Waals surface area contributed by atoms with Crippen LogP contribution in [0.4, 0.5) is 10.1 Å². The number of hydrogen-bond acceptors (Lipinski definition) is 7. The Morgan fingerprint density at radius 2 is 2.00 bits per heavy atom. The van der Waals surface area contributed by atoms with Crippen LogP contribution >= 0.6 is 11.8 Å². The van der Waals surface area contributed by atoms with Crippen molar-refractivity contribution in [3.63, 3.8) is 0 Å². The number of aromatic nitrogens is 4. The molecule has 0 spiro atoms. The molecular weight excluding hydrogens is 337 g/mol. The van der Waals surface area contributed by atoms with E-state index in [2.05, 4.69) is 15.5 Å². The number of rotatable bonds is 5. The lowest BCUT2D eigenvalue weighted by atomic mass is 10.3. The molecule has 0 unspecified atom stereocenters. The van der Waals surface area contributed by atoms with Gasteiger partial charge >= 0.3 is 0 Å². The Morgan fingerprint density at radius 3 is 2.67 bits per heavy atom. The molecule has 0 bridgehead atoms. The average molecular weight is 347 g/mol. The highest BCUT2D eigenvalue weighted by Crippen LogP contribution is 2.34. The maximum atomic E-state index is 13.2. The number of nitrogens with zero attached hydrogens (tertiary/aromatic N) is 5. The van der Waals surface area contributed by atoms with E-state index in [0.29, 0.717) is 16.6 Å². The zero-order chi connectivity index (χ0) is 17.1.